The molecule has 0 rings (SSSR count). The second kappa shape index (κ2) is 23.8. The maximum atomic E-state index is 11.0. The molecule has 0 fully saturated rings. The minimum atomic E-state index is -2.74. The fraction of sp³-hybridized carbons (Fsp3) is 0.852. The summed E-state index contributed by atoms with van der Waals surface area (Å²) in [6.07, 6.45) is 15.3. The Labute approximate surface area is 225 Å². The number of carboxylic acids is 4. The Hall–Kier alpha value is -2.24. The number of hydrogen-bond donors (Lipinski definition) is 6. The molecule has 11 nitrogen and oxygen atoms in total. The van der Waals surface area contributed by atoms with E-state index in [0.717, 1.165) is 19.3 Å². The molecule has 6 N–H and O–H groups in total. The number of rotatable bonds is 24. The molecule has 0 radical (unpaired) electrons. The molecule has 0 saturated carbocycles. The largest absolute Gasteiger partial charge is 0.550 e. The highest BCUT2D eigenvalue weighted by molar-refractivity contribution is 5.88. The van der Waals surface area contributed by atoms with Gasteiger partial charge < -0.3 is 40.5 Å². The summed E-state index contributed by atoms with van der Waals surface area (Å²) in [5.41, 5.74) is -2.74. The predicted octanol–water partition coefficient (Wildman–Crippen LogP) is 2.72. The molecule has 0 saturated heterocycles. The minimum Gasteiger partial charge on any atom is -0.550 e. The van der Waals surface area contributed by atoms with E-state index in [9.17, 15) is 29.4 Å². The van der Waals surface area contributed by atoms with Gasteiger partial charge in [-0.1, -0.05) is 96.8 Å². The summed E-state index contributed by atoms with van der Waals surface area (Å²) in [5.74, 6) is -6.77. The van der Waals surface area contributed by atoms with E-state index in [-0.39, 0.29) is 13.0 Å². The van der Waals surface area contributed by atoms with Gasteiger partial charge in [0.15, 0.2) is 5.60 Å². The third-order valence-electron chi connectivity index (χ3n) is 6.29. The Morgan fingerprint density at radius 3 is 1.37 bits per heavy atom. The van der Waals surface area contributed by atoms with Gasteiger partial charge in [0.25, 0.3) is 0 Å². The van der Waals surface area contributed by atoms with Gasteiger partial charge in [0.2, 0.25) is 0 Å². The summed E-state index contributed by atoms with van der Waals surface area (Å²) in [6, 6.07) is 0. The molecule has 2 atom stereocenters. The van der Waals surface area contributed by atoms with Crippen LogP contribution in [0.4, 0.5) is 0 Å². The third-order valence-corrected chi connectivity index (χ3v) is 6.29. The average Bonchev–Trinajstić information content (AvgIpc) is 2.82. The Morgan fingerprint density at radius 2 is 1.08 bits per heavy atom. The van der Waals surface area contributed by atoms with E-state index in [1.54, 1.807) is 0 Å². The Bertz CT molecular complexity index is 635. The number of carboxylic acid groups (broad SMARTS) is 4. The maximum Gasteiger partial charge on any atom is 0.336 e. The summed E-state index contributed by atoms with van der Waals surface area (Å²) in [4.78, 5) is 41.5. The molecule has 0 heterocycles. The fourth-order valence-corrected chi connectivity index (χ4v) is 4.03. The highest BCUT2D eigenvalue weighted by Gasteiger charge is 2.40. The molecular weight excluding hydrogens is 500 g/mol. The van der Waals surface area contributed by atoms with Gasteiger partial charge in [-0.25, -0.2) is 4.79 Å². The molecule has 0 bridgehead atoms. The van der Waals surface area contributed by atoms with Crippen LogP contribution >= 0.6 is 0 Å². The van der Waals surface area contributed by atoms with Gasteiger partial charge in [-0.15, -0.1) is 0 Å². The van der Waals surface area contributed by atoms with Crippen molar-refractivity contribution < 1.29 is 54.9 Å². The van der Waals surface area contributed by atoms with Crippen LogP contribution in [0.15, 0.2) is 0 Å². The summed E-state index contributed by atoms with van der Waals surface area (Å²) >= 11 is 0. The first kappa shape index (κ1) is 37.9. The van der Waals surface area contributed by atoms with Gasteiger partial charge in [-0.2, -0.15) is 0 Å². The van der Waals surface area contributed by atoms with Crippen molar-refractivity contribution >= 4 is 23.9 Å². The lowest BCUT2D eigenvalue weighted by molar-refractivity contribution is -0.312. The second-order valence-electron chi connectivity index (χ2n) is 9.95. The molecule has 0 aliphatic rings. The molecule has 0 aliphatic carbocycles. The van der Waals surface area contributed by atoms with Crippen molar-refractivity contribution in [2.24, 2.45) is 5.92 Å². The van der Waals surface area contributed by atoms with Gasteiger partial charge in [-0.3, -0.25) is 9.59 Å². The first-order valence-electron chi connectivity index (χ1n) is 13.8. The fourth-order valence-electron chi connectivity index (χ4n) is 4.03. The lowest BCUT2D eigenvalue weighted by Gasteiger charge is -2.20. The van der Waals surface area contributed by atoms with E-state index < -0.39 is 54.3 Å². The number of aliphatic hydroxyl groups excluding tert-OH is 2. The van der Waals surface area contributed by atoms with E-state index in [1.807, 2.05) is 0 Å². The third kappa shape index (κ3) is 22.9. The molecule has 0 aliphatic heterocycles. The first-order chi connectivity index (χ1) is 17.9. The normalized spacial score (nSPS) is 12.7. The van der Waals surface area contributed by atoms with Crippen molar-refractivity contribution in [1.82, 2.24) is 0 Å². The maximum absolute atomic E-state index is 11.0. The minimum absolute atomic E-state index is 0.0945. The zero-order valence-electron chi connectivity index (χ0n) is 22.8. The molecule has 0 amide bonds. The van der Waals surface area contributed by atoms with Crippen LogP contribution in [-0.4, -0.2) is 72.8 Å². The molecule has 11 heteroatoms. The van der Waals surface area contributed by atoms with Gasteiger partial charge >= 0.3 is 17.9 Å². The van der Waals surface area contributed by atoms with E-state index in [1.165, 1.54) is 70.6 Å². The molecular formula is C27H49O11-. The van der Waals surface area contributed by atoms with Crippen molar-refractivity contribution in [3.63, 3.8) is 0 Å². The molecule has 0 aromatic heterocycles. The van der Waals surface area contributed by atoms with Crippen molar-refractivity contribution in [3.8, 4) is 0 Å². The van der Waals surface area contributed by atoms with Crippen LogP contribution in [0.5, 0.6) is 0 Å². The zero-order valence-corrected chi connectivity index (χ0v) is 22.8. The molecule has 224 valence electrons. The summed E-state index contributed by atoms with van der Waals surface area (Å²) < 4.78 is 0. The van der Waals surface area contributed by atoms with Crippen LogP contribution < -0.4 is 5.11 Å². The highest BCUT2D eigenvalue weighted by Crippen LogP contribution is 2.18. The first-order valence-corrected chi connectivity index (χ1v) is 13.8. The van der Waals surface area contributed by atoms with Gasteiger partial charge in [0, 0.05) is 11.9 Å². The number of carbonyl (C=O) groups excluding carboxylic acids is 1. The van der Waals surface area contributed by atoms with Crippen LogP contribution in [-0.2, 0) is 19.2 Å². The Kier molecular flexibility index (Phi) is 23.8. The summed E-state index contributed by atoms with van der Waals surface area (Å²) in [5, 5.41) is 63.0. The SMILES string of the molecule is CCCCCCCCCCCCCCCCC(CC(O)CO)C(=O)[O-].O=C(O)CC(O)(CC(=O)O)C(=O)O. The monoisotopic (exact) mass is 549 g/mol. The van der Waals surface area contributed by atoms with Crippen molar-refractivity contribution in [2.45, 2.75) is 134 Å². The second-order valence-corrected chi connectivity index (χ2v) is 9.95. The quantitative estimate of drug-likeness (QED) is 0.0963. The van der Waals surface area contributed by atoms with Gasteiger partial charge in [-0.05, 0) is 12.8 Å². The van der Waals surface area contributed by atoms with Crippen LogP contribution in [0.2, 0.25) is 0 Å². The number of aliphatic hydroxyl groups is 3. The van der Waals surface area contributed by atoms with E-state index >= 15 is 0 Å². The van der Waals surface area contributed by atoms with Crippen LogP contribution in [0, 0.1) is 5.92 Å². The highest BCUT2D eigenvalue weighted by atomic mass is 16.4. The topological polar surface area (TPSA) is 213 Å². The van der Waals surface area contributed by atoms with Crippen LogP contribution in [0.3, 0.4) is 0 Å². The van der Waals surface area contributed by atoms with Gasteiger partial charge in [0.1, 0.15) is 0 Å². The zero-order chi connectivity index (χ0) is 29.4. The molecule has 0 aromatic carbocycles. The van der Waals surface area contributed by atoms with E-state index in [0.29, 0.717) is 6.42 Å². The van der Waals surface area contributed by atoms with E-state index in [4.69, 9.17) is 25.5 Å². The number of hydrogen-bond acceptors (Lipinski definition) is 8. The summed E-state index contributed by atoms with van der Waals surface area (Å²) in [6.45, 7) is 1.87. The van der Waals surface area contributed by atoms with Crippen LogP contribution in [0.25, 0.3) is 0 Å². The molecule has 38 heavy (non-hydrogen) atoms. The lowest BCUT2D eigenvalue weighted by atomic mass is 9.94. The number of aliphatic carboxylic acids is 4. The van der Waals surface area contributed by atoms with Crippen molar-refractivity contribution in [3.05, 3.63) is 0 Å². The number of carbonyl (C=O) groups is 4. The van der Waals surface area contributed by atoms with Gasteiger partial charge in [0.05, 0.1) is 25.6 Å². The molecule has 0 spiro atoms. The molecule has 2 unspecified atom stereocenters. The number of unbranched alkanes of at least 4 members (excludes halogenated alkanes) is 13. The van der Waals surface area contributed by atoms with Crippen molar-refractivity contribution in [2.75, 3.05) is 6.61 Å². The van der Waals surface area contributed by atoms with E-state index in [2.05, 4.69) is 6.92 Å². The molecule has 0 aromatic rings. The Balaban J connectivity index is 0. The predicted molar refractivity (Wildman–Crippen MR) is 138 cm³/mol. The average molecular weight is 550 g/mol. The summed E-state index contributed by atoms with van der Waals surface area (Å²) in [7, 11) is 0. The van der Waals surface area contributed by atoms with Crippen molar-refractivity contribution in [1.29, 1.82) is 0 Å². The Morgan fingerprint density at radius 1 is 0.711 bits per heavy atom. The standard InChI is InChI=1S/C21H42O4.C6H8O7/c1-2-3-4-5-6-7-8-9-10-11-12-13-14-15-16-19(21(24)25)17-20(23)18-22;7-3(8)1-6(13,5(11)12)2-4(9)10/h19-20,22-23H,2-18H2,1H3,(H,24,25);13H,1-2H2,(H,7,8)(H,9,10)(H,11,12)/p-1. The smallest absolute Gasteiger partial charge is 0.336 e. The van der Waals surface area contributed by atoms with Crippen LogP contribution in [0.1, 0.15) is 122 Å². The lowest BCUT2D eigenvalue weighted by Crippen LogP contribution is -2.42.